The van der Waals surface area contributed by atoms with Gasteiger partial charge in [0.15, 0.2) is 5.92 Å². The van der Waals surface area contributed by atoms with Gasteiger partial charge in [-0.25, -0.2) is 0 Å². The van der Waals surface area contributed by atoms with Crippen molar-refractivity contribution in [2.75, 3.05) is 26.8 Å². The number of amides is 2. The number of thioether (sulfide) groups is 1. The van der Waals surface area contributed by atoms with Gasteiger partial charge in [-0.1, -0.05) is 12.1 Å². The van der Waals surface area contributed by atoms with Gasteiger partial charge >= 0.3 is 5.97 Å². The Kier molecular flexibility index (Phi) is 7.77. The molecule has 0 bridgehead atoms. The molecule has 0 aromatic heterocycles. The summed E-state index contributed by atoms with van der Waals surface area (Å²) in [5.74, 6) is -1.49. The number of ether oxygens (including phenoxy) is 2. The van der Waals surface area contributed by atoms with Crippen LogP contribution in [0, 0.1) is 17.2 Å². The monoisotopic (exact) mass is 401 g/mol. The third kappa shape index (κ3) is 5.44. The van der Waals surface area contributed by atoms with Crippen molar-refractivity contribution in [2.45, 2.75) is 6.92 Å². The molecule has 1 aliphatic heterocycles. The van der Waals surface area contributed by atoms with Crippen LogP contribution in [-0.2, 0) is 14.3 Å². The lowest BCUT2D eigenvalue weighted by Gasteiger charge is -2.10. The molecule has 2 rings (SSSR count). The van der Waals surface area contributed by atoms with Crippen molar-refractivity contribution in [3.05, 3.63) is 34.7 Å². The number of nitrogens with zero attached hydrogens (tertiary/aromatic N) is 3. The maximum atomic E-state index is 12.4. The lowest BCUT2D eigenvalue weighted by molar-refractivity contribution is -0.143. The Labute approximate surface area is 166 Å². The molecule has 1 atom stereocenters. The Morgan fingerprint density at radius 2 is 2.07 bits per heavy atom. The molecule has 1 heterocycles. The molecule has 1 aromatic rings. The molecular weight excluding hydrogens is 382 g/mol. The number of benzene rings is 1. The molecule has 1 aromatic carbocycles. The van der Waals surface area contributed by atoms with Crippen LogP contribution >= 0.6 is 11.8 Å². The van der Waals surface area contributed by atoms with Crippen LogP contribution in [0.1, 0.15) is 12.5 Å². The first-order valence-electron chi connectivity index (χ1n) is 8.45. The fourth-order valence-electron chi connectivity index (χ4n) is 2.26. The standard InChI is InChI=1S/C19H19N3O5S/c1-3-27-18(24)14(11-20)12-21-8-9-22-17(23)16(28-19(22)25)10-13-4-6-15(26-2)7-5-13/h4-7,10,12,14H,3,8-9H2,1-2H3/b16-10-,21-12?/t14-/m0/s1. The summed E-state index contributed by atoms with van der Waals surface area (Å²) in [4.78, 5) is 41.4. The summed E-state index contributed by atoms with van der Waals surface area (Å²) in [6, 6.07) is 8.88. The molecule has 1 fully saturated rings. The minimum Gasteiger partial charge on any atom is -0.497 e. The molecule has 28 heavy (non-hydrogen) atoms. The van der Waals surface area contributed by atoms with Gasteiger partial charge in [-0.2, -0.15) is 5.26 Å². The van der Waals surface area contributed by atoms with Crippen molar-refractivity contribution < 1.29 is 23.9 Å². The average molecular weight is 401 g/mol. The van der Waals surface area contributed by atoms with E-state index in [-0.39, 0.29) is 24.9 Å². The summed E-state index contributed by atoms with van der Waals surface area (Å²) in [7, 11) is 1.56. The van der Waals surface area contributed by atoms with Crippen molar-refractivity contribution in [1.82, 2.24) is 4.90 Å². The van der Waals surface area contributed by atoms with Crippen molar-refractivity contribution in [1.29, 1.82) is 5.26 Å². The molecule has 0 aliphatic carbocycles. The zero-order valence-electron chi connectivity index (χ0n) is 15.5. The second-order valence-electron chi connectivity index (χ2n) is 5.52. The Morgan fingerprint density at radius 3 is 2.68 bits per heavy atom. The number of hydrogen-bond acceptors (Lipinski definition) is 8. The molecule has 8 nitrogen and oxygen atoms in total. The lowest BCUT2D eigenvalue weighted by atomic mass is 10.2. The van der Waals surface area contributed by atoms with Crippen LogP contribution in [0.4, 0.5) is 4.79 Å². The Morgan fingerprint density at radius 1 is 1.36 bits per heavy atom. The van der Waals surface area contributed by atoms with E-state index in [1.54, 1.807) is 50.4 Å². The first-order valence-corrected chi connectivity index (χ1v) is 9.27. The number of esters is 1. The van der Waals surface area contributed by atoms with Gasteiger partial charge in [0.1, 0.15) is 5.75 Å². The molecule has 1 saturated heterocycles. The quantitative estimate of drug-likeness (QED) is 0.374. The predicted molar refractivity (Wildman–Crippen MR) is 105 cm³/mol. The number of imide groups is 1. The van der Waals surface area contributed by atoms with Crippen LogP contribution in [-0.4, -0.2) is 55.0 Å². The molecule has 0 unspecified atom stereocenters. The molecule has 0 N–H and O–H groups in total. The number of nitriles is 1. The Balaban J connectivity index is 1.96. The first kappa shape index (κ1) is 21.2. The maximum absolute atomic E-state index is 12.4. The summed E-state index contributed by atoms with van der Waals surface area (Å²) in [6.45, 7) is 1.96. The fraction of sp³-hybridized carbons (Fsp3) is 0.316. The second kappa shape index (κ2) is 10.3. The highest BCUT2D eigenvalue weighted by Gasteiger charge is 2.34. The van der Waals surface area contributed by atoms with Gasteiger partial charge in [0.05, 0.1) is 31.2 Å². The summed E-state index contributed by atoms with van der Waals surface area (Å²) >= 11 is 0.856. The van der Waals surface area contributed by atoms with E-state index in [9.17, 15) is 14.4 Å². The van der Waals surface area contributed by atoms with Gasteiger partial charge < -0.3 is 9.47 Å². The SMILES string of the molecule is CCOC(=O)[C@@H](C#N)C=NCCN1C(=O)S/C(=C\c2ccc(OC)cc2)C1=O. The van der Waals surface area contributed by atoms with E-state index in [0.717, 1.165) is 22.2 Å². The van der Waals surface area contributed by atoms with Crippen LogP contribution in [0.15, 0.2) is 34.2 Å². The summed E-state index contributed by atoms with van der Waals surface area (Å²) in [6.07, 6.45) is 2.81. The third-order valence-electron chi connectivity index (χ3n) is 3.67. The highest BCUT2D eigenvalue weighted by atomic mass is 32.2. The van der Waals surface area contributed by atoms with Crippen LogP contribution in [0.5, 0.6) is 5.75 Å². The molecule has 2 amide bonds. The minimum atomic E-state index is -1.11. The Bertz CT molecular complexity index is 842. The van der Waals surface area contributed by atoms with E-state index in [2.05, 4.69) is 4.99 Å². The predicted octanol–water partition coefficient (Wildman–Crippen LogP) is 2.51. The normalized spacial score (nSPS) is 16.5. The molecule has 1 aliphatic rings. The average Bonchev–Trinajstić information content (AvgIpc) is 2.95. The fourth-order valence-corrected chi connectivity index (χ4v) is 3.13. The van der Waals surface area contributed by atoms with E-state index < -0.39 is 17.8 Å². The maximum Gasteiger partial charge on any atom is 0.328 e. The number of methoxy groups -OCH3 is 1. The lowest BCUT2D eigenvalue weighted by Crippen LogP contribution is -2.30. The van der Waals surface area contributed by atoms with Crippen LogP contribution in [0.25, 0.3) is 6.08 Å². The zero-order valence-corrected chi connectivity index (χ0v) is 16.3. The van der Waals surface area contributed by atoms with Crippen molar-refractivity contribution in [3.8, 4) is 11.8 Å². The summed E-state index contributed by atoms with van der Waals surface area (Å²) in [5.41, 5.74) is 0.774. The molecule has 0 radical (unpaired) electrons. The van der Waals surface area contributed by atoms with Gasteiger partial charge in [-0.15, -0.1) is 0 Å². The van der Waals surface area contributed by atoms with Gasteiger partial charge in [0.25, 0.3) is 11.1 Å². The number of aliphatic imine (C=N–C) groups is 1. The molecule has 146 valence electrons. The highest BCUT2D eigenvalue weighted by Crippen LogP contribution is 2.32. The smallest absolute Gasteiger partial charge is 0.328 e. The van der Waals surface area contributed by atoms with Crippen molar-refractivity contribution in [3.63, 3.8) is 0 Å². The van der Waals surface area contributed by atoms with Gasteiger partial charge in [0.2, 0.25) is 0 Å². The molecule has 0 spiro atoms. The number of carbonyl (C=O) groups is 3. The van der Waals surface area contributed by atoms with E-state index in [1.165, 1.54) is 6.21 Å². The summed E-state index contributed by atoms with van der Waals surface area (Å²) < 4.78 is 9.84. The van der Waals surface area contributed by atoms with E-state index in [1.807, 2.05) is 0 Å². The first-order chi connectivity index (χ1) is 13.5. The van der Waals surface area contributed by atoms with Crippen LogP contribution < -0.4 is 4.74 Å². The third-order valence-corrected chi connectivity index (χ3v) is 4.58. The topological polar surface area (TPSA) is 109 Å². The number of hydrogen-bond donors (Lipinski definition) is 0. The minimum absolute atomic E-state index is 0.0576. The van der Waals surface area contributed by atoms with Gasteiger partial charge in [-0.05, 0) is 42.5 Å². The zero-order chi connectivity index (χ0) is 20.5. The second-order valence-corrected chi connectivity index (χ2v) is 6.51. The van der Waals surface area contributed by atoms with Crippen LogP contribution in [0.3, 0.4) is 0 Å². The van der Waals surface area contributed by atoms with Gasteiger partial charge in [0, 0.05) is 12.8 Å². The largest absolute Gasteiger partial charge is 0.497 e. The van der Waals surface area contributed by atoms with Gasteiger partial charge in [-0.3, -0.25) is 24.3 Å². The van der Waals surface area contributed by atoms with Crippen molar-refractivity contribution >= 4 is 41.2 Å². The van der Waals surface area contributed by atoms with E-state index in [4.69, 9.17) is 14.7 Å². The van der Waals surface area contributed by atoms with E-state index in [0.29, 0.717) is 10.7 Å². The van der Waals surface area contributed by atoms with Crippen molar-refractivity contribution in [2.24, 2.45) is 10.9 Å². The Hall–Kier alpha value is -3.12. The van der Waals surface area contributed by atoms with Crippen LogP contribution in [0.2, 0.25) is 0 Å². The molecule has 0 saturated carbocycles. The number of carbonyl (C=O) groups excluding carboxylic acids is 3. The summed E-state index contributed by atoms with van der Waals surface area (Å²) in [5, 5.41) is 8.56. The molecule has 9 heteroatoms. The highest BCUT2D eigenvalue weighted by molar-refractivity contribution is 8.18. The molecular formula is C19H19N3O5S. The number of rotatable bonds is 8. The van der Waals surface area contributed by atoms with E-state index >= 15 is 0 Å².